The van der Waals surface area contributed by atoms with Gasteiger partial charge in [-0.1, -0.05) is 42.5 Å². The largest absolute Gasteiger partial charge is 0.338 e. The van der Waals surface area contributed by atoms with Gasteiger partial charge in [0, 0.05) is 37.6 Å². The normalized spacial score (nSPS) is 17.1. The summed E-state index contributed by atoms with van der Waals surface area (Å²) in [6.07, 6.45) is 7.87. The van der Waals surface area contributed by atoms with Crippen LogP contribution in [0.3, 0.4) is 0 Å². The van der Waals surface area contributed by atoms with Crippen molar-refractivity contribution in [1.82, 2.24) is 14.5 Å². The third-order valence-corrected chi connectivity index (χ3v) is 5.43. The van der Waals surface area contributed by atoms with Crippen molar-refractivity contribution in [3.63, 3.8) is 0 Å². The summed E-state index contributed by atoms with van der Waals surface area (Å²) in [5.74, 6) is 0.617. The standard InChI is InChI=1S/C23H25N3O/c1-18-7-2-3-9-20(18)21-10-4-5-11-22(21)23(27)26-13-6-8-19(16-26)15-25-14-12-24-17-25/h2-5,7,9-12,14,17,19H,6,8,13,15-16H2,1H3/t19-/m0/s1. The molecular weight excluding hydrogens is 334 g/mol. The number of hydrogen-bond acceptors (Lipinski definition) is 2. The lowest BCUT2D eigenvalue weighted by Gasteiger charge is -2.33. The number of amides is 1. The van der Waals surface area contributed by atoms with Crippen molar-refractivity contribution < 1.29 is 4.79 Å². The molecule has 1 aliphatic heterocycles. The molecule has 0 aliphatic carbocycles. The third-order valence-electron chi connectivity index (χ3n) is 5.43. The van der Waals surface area contributed by atoms with Crippen LogP contribution in [0.1, 0.15) is 28.8 Å². The molecule has 1 aromatic heterocycles. The van der Waals surface area contributed by atoms with Gasteiger partial charge in [0.25, 0.3) is 5.91 Å². The van der Waals surface area contributed by atoms with Gasteiger partial charge in [-0.3, -0.25) is 4.79 Å². The second kappa shape index (κ2) is 7.78. The Hall–Kier alpha value is -2.88. The number of piperidine rings is 1. The number of carbonyl (C=O) groups is 1. The van der Waals surface area contributed by atoms with Gasteiger partial charge >= 0.3 is 0 Å². The summed E-state index contributed by atoms with van der Waals surface area (Å²) >= 11 is 0. The number of rotatable bonds is 4. The molecule has 27 heavy (non-hydrogen) atoms. The maximum atomic E-state index is 13.4. The number of nitrogens with zero attached hydrogens (tertiary/aromatic N) is 3. The van der Waals surface area contributed by atoms with Crippen molar-refractivity contribution in [2.75, 3.05) is 13.1 Å². The predicted molar refractivity (Wildman–Crippen MR) is 107 cm³/mol. The first-order valence-corrected chi connectivity index (χ1v) is 9.62. The van der Waals surface area contributed by atoms with E-state index in [0.29, 0.717) is 5.92 Å². The molecule has 0 bridgehead atoms. The number of aryl methyl sites for hydroxylation is 1. The van der Waals surface area contributed by atoms with Gasteiger partial charge in [-0.15, -0.1) is 0 Å². The minimum Gasteiger partial charge on any atom is -0.338 e. The van der Waals surface area contributed by atoms with E-state index in [4.69, 9.17) is 0 Å². The summed E-state index contributed by atoms with van der Waals surface area (Å²) in [4.78, 5) is 19.5. The van der Waals surface area contributed by atoms with E-state index in [0.717, 1.165) is 49.2 Å². The van der Waals surface area contributed by atoms with Gasteiger partial charge in [0.1, 0.15) is 0 Å². The molecule has 0 saturated carbocycles. The molecule has 1 atom stereocenters. The molecule has 0 spiro atoms. The van der Waals surface area contributed by atoms with E-state index in [9.17, 15) is 4.79 Å². The Morgan fingerprint density at radius 1 is 1.11 bits per heavy atom. The smallest absolute Gasteiger partial charge is 0.254 e. The number of aromatic nitrogens is 2. The number of imidazole rings is 1. The molecule has 2 heterocycles. The molecule has 0 radical (unpaired) electrons. The van der Waals surface area contributed by atoms with Crippen LogP contribution in [0.4, 0.5) is 0 Å². The topological polar surface area (TPSA) is 38.1 Å². The van der Waals surface area contributed by atoms with Gasteiger partial charge in [-0.05, 0) is 48.4 Å². The Labute approximate surface area is 160 Å². The Bertz CT molecular complexity index is 917. The van der Waals surface area contributed by atoms with Crippen LogP contribution in [0.25, 0.3) is 11.1 Å². The van der Waals surface area contributed by atoms with Crippen LogP contribution < -0.4 is 0 Å². The Morgan fingerprint density at radius 2 is 1.89 bits per heavy atom. The zero-order chi connectivity index (χ0) is 18.6. The highest BCUT2D eigenvalue weighted by Gasteiger charge is 2.26. The average molecular weight is 359 g/mol. The second-order valence-electron chi connectivity index (χ2n) is 7.38. The monoisotopic (exact) mass is 359 g/mol. The van der Waals surface area contributed by atoms with E-state index in [1.54, 1.807) is 0 Å². The van der Waals surface area contributed by atoms with Gasteiger partial charge in [0.2, 0.25) is 0 Å². The first-order valence-electron chi connectivity index (χ1n) is 9.62. The lowest BCUT2D eigenvalue weighted by atomic mass is 9.93. The first-order chi connectivity index (χ1) is 13.2. The van der Waals surface area contributed by atoms with E-state index >= 15 is 0 Å². The quantitative estimate of drug-likeness (QED) is 0.692. The van der Waals surface area contributed by atoms with Crippen molar-refractivity contribution in [3.05, 3.63) is 78.4 Å². The highest BCUT2D eigenvalue weighted by Crippen LogP contribution is 2.29. The van der Waals surface area contributed by atoms with Crippen LogP contribution in [0.15, 0.2) is 67.3 Å². The van der Waals surface area contributed by atoms with Crippen LogP contribution in [-0.2, 0) is 6.54 Å². The van der Waals surface area contributed by atoms with Crippen LogP contribution in [-0.4, -0.2) is 33.4 Å². The minimum atomic E-state index is 0.143. The molecule has 138 valence electrons. The van der Waals surface area contributed by atoms with Crippen molar-refractivity contribution >= 4 is 5.91 Å². The van der Waals surface area contributed by atoms with Crippen LogP contribution in [0.5, 0.6) is 0 Å². The van der Waals surface area contributed by atoms with E-state index in [-0.39, 0.29) is 5.91 Å². The molecule has 3 aromatic rings. The summed E-state index contributed by atoms with van der Waals surface area (Å²) in [6.45, 7) is 4.66. The van der Waals surface area contributed by atoms with Gasteiger partial charge in [0.05, 0.1) is 6.33 Å². The summed E-state index contributed by atoms with van der Waals surface area (Å²) in [7, 11) is 0. The second-order valence-corrected chi connectivity index (χ2v) is 7.38. The Balaban J connectivity index is 1.57. The lowest BCUT2D eigenvalue weighted by Crippen LogP contribution is -2.41. The third kappa shape index (κ3) is 3.80. The van der Waals surface area contributed by atoms with Crippen LogP contribution >= 0.6 is 0 Å². The molecule has 4 heteroatoms. The average Bonchev–Trinajstić information content (AvgIpc) is 3.21. The molecule has 1 saturated heterocycles. The zero-order valence-electron chi connectivity index (χ0n) is 15.7. The van der Waals surface area contributed by atoms with E-state index < -0.39 is 0 Å². The molecule has 4 nitrogen and oxygen atoms in total. The van der Waals surface area contributed by atoms with Crippen molar-refractivity contribution in [1.29, 1.82) is 0 Å². The van der Waals surface area contributed by atoms with E-state index in [1.807, 2.05) is 54.0 Å². The Morgan fingerprint density at radius 3 is 2.67 bits per heavy atom. The fourth-order valence-electron chi connectivity index (χ4n) is 4.04. The molecule has 1 fully saturated rings. The zero-order valence-corrected chi connectivity index (χ0v) is 15.7. The molecule has 4 rings (SSSR count). The molecule has 2 aromatic carbocycles. The van der Waals surface area contributed by atoms with Crippen molar-refractivity contribution in [2.24, 2.45) is 5.92 Å². The van der Waals surface area contributed by atoms with Crippen molar-refractivity contribution in [2.45, 2.75) is 26.3 Å². The molecule has 1 aliphatic rings. The maximum absolute atomic E-state index is 13.4. The van der Waals surface area contributed by atoms with Crippen molar-refractivity contribution in [3.8, 4) is 11.1 Å². The molecule has 0 unspecified atom stereocenters. The molecule has 0 N–H and O–H groups in total. The summed E-state index contributed by atoms with van der Waals surface area (Å²) in [5, 5.41) is 0. The maximum Gasteiger partial charge on any atom is 0.254 e. The number of hydrogen-bond donors (Lipinski definition) is 0. The van der Waals surface area contributed by atoms with Gasteiger partial charge in [-0.25, -0.2) is 4.98 Å². The lowest BCUT2D eigenvalue weighted by molar-refractivity contribution is 0.0663. The molecular formula is C23H25N3O. The van der Waals surface area contributed by atoms with Gasteiger partial charge in [0.15, 0.2) is 0 Å². The number of likely N-dealkylation sites (tertiary alicyclic amines) is 1. The SMILES string of the molecule is Cc1ccccc1-c1ccccc1C(=O)N1CCC[C@@H](Cn2ccnc2)C1. The summed E-state index contributed by atoms with van der Waals surface area (Å²) in [6, 6.07) is 16.3. The number of carbonyl (C=O) groups excluding carboxylic acids is 1. The highest BCUT2D eigenvalue weighted by atomic mass is 16.2. The van der Waals surface area contributed by atoms with E-state index in [1.165, 1.54) is 5.56 Å². The fraction of sp³-hybridized carbons (Fsp3) is 0.304. The summed E-state index contributed by atoms with van der Waals surface area (Å²) < 4.78 is 2.11. The molecule has 1 amide bonds. The minimum absolute atomic E-state index is 0.143. The van der Waals surface area contributed by atoms with Crippen LogP contribution in [0.2, 0.25) is 0 Å². The number of benzene rings is 2. The van der Waals surface area contributed by atoms with Gasteiger partial charge in [-0.2, -0.15) is 0 Å². The van der Waals surface area contributed by atoms with E-state index in [2.05, 4.69) is 34.7 Å². The predicted octanol–water partition coefficient (Wildman–Crippen LogP) is 4.41. The first kappa shape index (κ1) is 17.5. The van der Waals surface area contributed by atoms with Crippen LogP contribution in [0, 0.1) is 12.8 Å². The fourth-order valence-corrected chi connectivity index (χ4v) is 4.04. The Kier molecular flexibility index (Phi) is 5.05. The highest BCUT2D eigenvalue weighted by molar-refractivity contribution is 6.01. The van der Waals surface area contributed by atoms with Gasteiger partial charge < -0.3 is 9.47 Å². The summed E-state index contributed by atoms with van der Waals surface area (Å²) in [5.41, 5.74) is 4.15.